The molecular weight excluding hydrogens is 246 g/mol. The van der Waals surface area contributed by atoms with Crippen molar-refractivity contribution in [1.82, 2.24) is 0 Å². The third kappa shape index (κ3) is 1.35. The molecule has 3 N–H and O–H groups in total. The van der Waals surface area contributed by atoms with E-state index in [4.69, 9.17) is 10.8 Å². The number of aliphatic carboxylic acids is 1. The fourth-order valence-corrected chi connectivity index (χ4v) is 2.22. The molecule has 0 heterocycles. The van der Waals surface area contributed by atoms with Crippen LogP contribution in [-0.2, 0) is 4.79 Å². The average molecular weight is 256 g/mol. The van der Waals surface area contributed by atoms with Crippen LogP contribution in [-0.4, -0.2) is 16.6 Å². The maximum Gasteiger partial charge on any atom is 0.324 e. The van der Waals surface area contributed by atoms with E-state index in [1.165, 1.54) is 0 Å². The predicted molar refractivity (Wildman–Crippen MR) is 56.1 cm³/mol. The van der Waals surface area contributed by atoms with E-state index >= 15 is 0 Å². The van der Waals surface area contributed by atoms with Crippen LogP contribution in [0.4, 0.5) is 0 Å². The van der Waals surface area contributed by atoms with E-state index in [-0.39, 0.29) is 5.92 Å². The first-order valence-corrected chi connectivity index (χ1v) is 5.11. The first kappa shape index (κ1) is 9.68. The zero-order valence-corrected chi connectivity index (χ0v) is 8.99. The normalized spacial score (nSPS) is 30.0. The predicted octanol–water partition coefficient (Wildman–Crippen LogP) is 1.72. The maximum absolute atomic E-state index is 10.8. The van der Waals surface area contributed by atoms with E-state index in [0.29, 0.717) is 6.42 Å². The van der Waals surface area contributed by atoms with E-state index in [1.54, 1.807) is 0 Å². The van der Waals surface area contributed by atoms with Gasteiger partial charge in [0.05, 0.1) is 0 Å². The fourth-order valence-electron chi connectivity index (χ4n) is 1.66. The van der Waals surface area contributed by atoms with Gasteiger partial charge in [-0.3, -0.25) is 4.79 Å². The summed E-state index contributed by atoms with van der Waals surface area (Å²) in [6.45, 7) is 0. The fraction of sp³-hybridized carbons (Fsp3) is 0.300. The molecule has 2 unspecified atom stereocenters. The zero-order chi connectivity index (χ0) is 10.3. The molecular formula is C10H10BrNO2. The second-order valence-corrected chi connectivity index (χ2v) is 4.48. The third-order valence-corrected chi connectivity index (χ3v) is 3.40. The Balaban J connectivity index is 2.29. The number of rotatable bonds is 2. The standard InChI is InChI=1S/C10H10BrNO2/c11-8-4-2-1-3-6(8)7-5-10(7,12)9(13)14/h1-4,7H,5,12H2,(H,13,14). The van der Waals surface area contributed by atoms with Crippen molar-refractivity contribution < 1.29 is 9.90 Å². The largest absolute Gasteiger partial charge is 0.480 e. The number of nitrogens with two attached hydrogens (primary N) is 1. The van der Waals surface area contributed by atoms with E-state index < -0.39 is 11.5 Å². The number of hydrogen-bond acceptors (Lipinski definition) is 2. The lowest BCUT2D eigenvalue weighted by Crippen LogP contribution is -2.34. The number of carboxylic acids is 1. The minimum absolute atomic E-state index is 0.0597. The van der Waals surface area contributed by atoms with Gasteiger partial charge in [0.15, 0.2) is 0 Å². The first-order valence-electron chi connectivity index (χ1n) is 4.32. The Morgan fingerprint density at radius 1 is 1.57 bits per heavy atom. The molecule has 1 aliphatic carbocycles. The highest BCUT2D eigenvalue weighted by atomic mass is 79.9. The Morgan fingerprint density at radius 3 is 2.71 bits per heavy atom. The van der Waals surface area contributed by atoms with Gasteiger partial charge in [-0.25, -0.2) is 0 Å². The molecule has 0 amide bonds. The van der Waals surface area contributed by atoms with Gasteiger partial charge in [-0.1, -0.05) is 34.1 Å². The summed E-state index contributed by atoms with van der Waals surface area (Å²) in [5.74, 6) is -0.978. The molecule has 1 aromatic rings. The Kier molecular flexibility index (Phi) is 2.12. The van der Waals surface area contributed by atoms with Crippen molar-refractivity contribution in [2.75, 3.05) is 0 Å². The van der Waals surface area contributed by atoms with Crippen LogP contribution in [0.5, 0.6) is 0 Å². The van der Waals surface area contributed by atoms with Gasteiger partial charge in [-0.05, 0) is 18.1 Å². The number of benzene rings is 1. The van der Waals surface area contributed by atoms with Crippen molar-refractivity contribution in [2.24, 2.45) is 5.73 Å². The lowest BCUT2D eigenvalue weighted by atomic mass is 10.1. The van der Waals surface area contributed by atoms with Crippen LogP contribution in [0.2, 0.25) is 0 Å². The molecule has 1 aliphatic rings. The van der Waals surface area contributed by atoms with E-state index in [2.05, 4.69) is 15.9 Å². The number of hydrogen-bond donors (Lipinski definition) is 2. The van der Waals surface area contributed by atoms with Crippen LogP contribution >= 0.6 is 15.9 Å². The summed E-state index contributed by atoms with van der Waals surface area (Å²) in [5, 5.41) is 8.89. The Labute approximate surface area is 90.0 Å². The van der Waals surface area contributed by atoms with Gasteiger partial charge in [0.2, 0.25) is 0 Å². The van der Waals surface area contributed by atoms with Crippen LogP contribution in [0.25, 0.3) is 0 Å². The monoisotopic (exact) mass is 255 g/mol. The van der Waals surface area contributed by atoms with E-state index in [1.807, 2.05) is 24.3 Å². The maximum atomic E-state index is 10.8. The van der Waals surface area contributed by atoms with Gasteiger partial charge >= 0.3 is 5.97 Å². The number of carbonyl (C=O) groups is 1. The summed E-state index contributed by atoms with van der Waals surface area (Å²) in [4.78, 5) is 10.8. The molecule has 0 aromatic heterocycles. The number of halogens is 1. The highest BCUT2D eigenvalue weighted by molar-refractivity contribution is 9.10. The van der Waals surface area contributed by atoms with Crippen LogP contribution in [0.1, 0.15) is 17.9 Å². The third-order valence-electron chi connectivity index (χ3n) is 2.68. The molecule has 2 rings (SSSR count). The molecule has 1 aromatic carbocycles. The highest BCUT2D eigenvalue weighted by Gasteiger charge is 2.58. The minimum Gasteiger partial charge on any atom is -0.480 e. The molecule has 1 fully saturated rings. The van der Waals surface area contributed by atoms with Gasteiger partial charge in [-0.15, -0.1) is 0 Å². The Bertz CT molecular complexity index is 393. The molecule has 0 saturated heterocycles. The second-order valence-electron chi connectivity index (χ2n) is 3.62. The van der Waals surface area contributed by atoms with Gasteiger partial charge in [0.1, 0.15) is 5.54 Å². The molecule has 74 valence electrons. The SMILES string of the molecule is NC1(C(=O)O)CC1c1ccccc1Br. The molecule has 4 heteroatoms. The molecule has 14 heavy (non-hydrogen) atoms. The smallest absolute Gasteiger partial charge is 0.324 e. The quantitative estimate of drug-likeness (QED) is 0.846. The van der Waals surface area contributed by atoms with Crippen molar-refractivity contribution in [3.8, 4) is 0 Å². The van der Waals surface area contributed by atoms with E-state index in [9.17, 15) is 4.79 Å². The molecule has 0 aliphatic heterocycles. The lowest BCUT2D eigenvalue weighted by Gasteiger charge is -2.06. The van der Waals surface area contributed by atoms with Gasteiger partial charge in [0.25, 0.3) is 0 Å². The van der Waals surface area contributed by atoms with Gasteiger partial charge in [-0.2, -0.15) is 0 Å². The van der Waals surface area contributed by atoms with Crippen LogP contribution in [0.15, 0.2) is 28.7 Å². The summed E-state index contributed by atoms with van der Waals surface area (Å²) in [6.07, 6.45) is 0.519. The topological polar surface area (TPSA) is 63.3 Å². The van der Waals surface area contributed by atoms with Crippen molar-refractivity contribution in [1.29, 1.82) is 0 Å². The molecule has 1 saturated carbocycles. The molecule has 0 spiro atoms. The van der Waals surface area contributed by atoms with Crippen molar-refractivity contribution in [3.05, 3.63) is 34.3 Å². The first-order chi connectivity index (χ1) is 6.55. The van der Waals surface area contributed by atoms with Crippen LogP contribution < -0.4 is 5.73 Å². The summed E-state index contributed by atoms with van der Waals surface area (Å²) in [5.41, 5.74) is 5.65. The average Bonchev–Trinajstić information content (AvgIpc) is 2.80. The van der Waals surface area contributed by atoms with Gasteiger partial charge < -0.3 is 10.8 Å². The lowest BCUT2D eigenvalue weighted by molar-refractivity contribution is -0.139. The van der Waals surface area contributed by atoms with Gasteiger partial charge in [0, 0.05) is 10.4 Å². The zero-order valence-electron chi connectivity index (χ0n) is 7.40. The van der Waals surface area contributed by atoms with Crippen molar-refractivity contribution >= 4 is 21.9 Å². The summed E-state index contributed by atoms with van der Waals surface area (Å²) in [6, 6.07) is 7.60. The second kappa shape index (κ2) is 3.07. The van der Waals surface area contributed by atoms with E-state index in [0.717, 1.165) is 10.0 Å². The van der Waals surface area contributed by atoms with Crippen molar-refractivity contribution in [2.45, 2.75) is 17.9 Å². The Hall–Kier alpha value is -0.870. The van der Waals surface area contributed by atoms with Crippen molar-refractivity contribution in [3.63, 3.8) is 0 Å². The highest BCUT2D eigenvalue weighted by Crippen LogP contribution is 2.51. The number of carboxylic acid groups (broad SMARTS) is 1. The summed E-state index contributed by atoms with van der Waals surface area (Å²) in [7, 11) is 0. The Morgan fingerprint density at radius 2 is 2.21 bits per heavy atom. The summed E-state index contributed by atoms with van der Waals surface area (Å²) < 4.78 is 0.929. The summed E-state index contributed by atoms with van der Waals surface area (Å²) >= 11 is 3.39. The van der Waals surface area contributed by atoms with Crippen LogP contribution in [0.3, 0.4) is 0 Å². The molecule has 0 radical (unpaired) electrons. The minimum atomic E-state index is -1.05. The van der Waals surface area contributed by atoms with Crippen LogP contribution in [0, 0.1) is 0 Å². The molecule has 3 nitrogen and oxygen atoms in total. The molecule has 0 bridgehead atoms. The molecule has 2 atom stereocenters.